The molecule has 4 saturated carbocycles. The van der Waals surface area contributed by atoms with E-state index < -0.39 is 0 Å². The highest BCUT2D eigenvalue weighted by Gasteiger charge is 2.56. The average Bonchev–Trinajstić information content (AvgIpc) is 3.18. The third-order valence-electron chi connectivity index (χ3n) is 15.4. The van der Waals surface area contributed by atoms with Gasteiger partial charge in [-0.2, -0.15) is 0 Å². The molecule has 0 bridgehead atoms. The summed E-state index contributed by atoms with van der Waals surface area (Å²) in [5.41, 5.74) is -0.0372. The Morgan fingerprint density at radius 2 is 0.824 bits per heavy atom. The Morgan fingerprint density at radius 1 is 0.471 bits per heavy atom. The SMILES string of the molecule is CCCC1CCC(C2(C3(OCC)C=CC(COCC4C=CC(OCC)(C5(C6CCC(CCC)CC6)CCCCC5)C=C4)C=C3)CCCCC2)CC1. The summed E-state index contributed by atoms with van der Waals surface area (Å²) in [7, 11) is 0. The lowest BCUT2D eigenvalue weighted by molar-refractivity contribution is -0.123. The Labute approximate surface area is 314 Å². The predicted molar refractivity (Wildman–Crippen MR) is 215 cm³/mol. The lowest BCUT2D eigenvalue weighted by Gasteiger charge is -2.56. The third-order valence-corrected chi connectivity index (χ3v) is 15.4. The number of hydrogen-bond donors (Lipinski definition) is 0. The molecule has 3 nitrogen and oxygen atoms in total. The largest absolute Gasteiger partial charge is 0.380 e. The molecule has 51 heavy (non-hydrogen) atoms. The van der Waals surface area contributed by atoms with Crippen LogP contribution in [-0.4, -0.2) is 37.6 Å². The minimum absolute atomic E-state index is 0.243. The zero-order valence-corrected chi connectivity index (χ0v) is 33.7. The molecule has 0 aliphatic heterocycles. The van der Waals surface area contributed by atoms with E-state index in [-0.39, 0.29) is 22.0 Å². The van der Waals surface area contributed by atoms with E-state index in [2.05, 4.69) is 76.3 Å². The van der Waals surface area contributed by atoms with Crippen LogP contribution in [0.4, 0.5) is 0 Å². The highest BCUT2D eigenvalue weighted by molar-refractivity contribution is 5.31. The molecule has 0 saturated heterocycles. The molecular formula is C48H78O3. The first-order valence-electron chi connectivity index (χ1n) is 22.6. The van der Waals surface area contributed by atoms with Gasteiger partial charge in [0.1, 0.15) is 11.2 Å². The van der Waals surface area contributed by atoms with Crippen molar-refractivity contribution in [2.75, 3.05) is 26.4 Å². The van der Waals surface area contributed by atoms with Crippen LogP contribution in [-0.2, 0) is 14.2 Å². The topological polar surface area (TPSA) is 27.7 Å². The monoisotopic (exact) mass is 703 g/mol. The predicted octanol–water partition coefficient (Wildman–Crippen LogP) is 13.2. The maximum Gasteiger partial charge on any atom is 0.110 e. The maximum atomic E-state index is 6.90. The van der Waals surface area contributed by atoms with Gasteiger partial charge in [-0.3, -0.25) is 0 Å². The van der Waals surface area contributed by atoms with Crippen LogP contribution in [0.3, 0.4) is 0 Å². The van der Waals surface area contributed by atoms with Crippen molar-refractivity contribution in [3.05, 3.63) is 48.6 Å². The molecule has 0 unspecified atom stereocenters. The molecule has 0 atom stereocenters. The van der Waals surface area contributed by atoms with Crippen molar-refractivity contribution < 1.29 is 14.2 Å². The summed E-state index contributed by atoms with van der Waals surface area (Å²) in [6, 6.07) is 0. The van der Waals surface area contributed by atoms with E-state index in [9.17, 15) is 0 Å². The minimum atomic E-state index is -0.261. The van der Waals surface area contributed by atoms with Gasteiger partial charge in [-0.05, 0) is 88.9 Å². The Kier molecular flexibility index (Phi) is 14.3. The molecule has 0 heterocycles. The van der Waals surface area contributed by atoms with Crippen molar-refractivity contribution in [2.24, 2.45) is 46.3 Å². The van der Waals surface area contributed by atoms with E-state index in [4.69, 9.17) is 14.2 Å². The number of rotatable bonds is 16. The first-order chi connectivity index (χ1) is 25.0. The summed E-state index contributed by atoms with van der Waals surface area (Å²) in [6.45, 7) is 12.1. The summed E-state index contributed by atoms with van der Waals surface area (Å²) < 4.78 is 20.3. The van der Waals surface area contributed by atoms with E-state index in [0.717, 1.165) is 50.1 Å². The van der Waals surface area contributed by atoms with Gasteiger partial charge in [-0.1, -0.05) is 152 Å². The molecule has 0 aromatic heterocycles. The van der Waals surface area contributed by atoms with Gasteiger partial charge in [-0.25, -0.2) is 0 Å². The van der Waals surface area contributed by atoms with Gasteiger partial charge in [0.25, 0.3) is 0 Å². The van der Waals surface area contributed by atoms with Crippen LogP contribution >= 0.6 is 0 Å². The Hall–Kier alpha value is -1.16. The molecule has 0 aromatic carbocycles. The molecule has 6 aliphatic carbocycles. The molecule has 6 aliphatic rings. The molecule has 4 fully saturated rings. The second kappa shape index (κ2) is 18.4. The van der Waals surface area contributed by atoms with Crippen molar-refractivity contribution in [3.8, 4) is 0 Å². The van der Waals surface area contributed by atoms with E-state index in [1.165, 1.54) is 141 Å². The smallest absolute Gasteiger partial charge is 0.110 e. The molecular weight excluding hydrogens is 625 g/mol. The summed E-state index contributed by atoms with van der Waals surface area (Å²) in [5, 5.41) is 0. The highest BCUT2D eigenvalue weighted by Crippen LogP contribution is 2.60. The number of hydrogen-bond acceptors (Lipinski definition) is 3. The van der Waals surface area contributed by atoms with E-state index in [0.29, 0.717) is 11.8 Å². The van der Waals surface area contributed by atoms with Gasteiger partial charge >= 0.3 is 0 Å². The fourth-order valence-electron chi connectivity index (χ4n) is 12.9. The van der Waals surface area contributed by atoms with Crippen LogP contribution in [0.1, 0.15) is 169 Å². The maximum absolute atomic E-state index is 6.90. The van der Waals surface area contributed by atoms with Gasteiger partial charge in [-0.15, -0.1) is 0 Å². The van der Waals surface area contributed by atoms with Gasteiger partial charge in [0, 0.05) is 35.9 Å². The number of ether oxygens (including phenoxy) is 3. The second-order valence-electron chi connectivity index (χ2n) is 18.2. The molecule has 3 heteroatoms. The zero-order valence-electron chi connectivity index (χ0n) is 33.7. The minimum Gasteiger partial charge on any atom is -0.380 e. The van der Waals surface area contributed by atoms with Crippen LogP contribution < -0.4 is 0 Å². The van der Waals surface area contributed by atoms with E-state index in [1.807, 2.05) is 0 Å². The third kappa shape index (κ3) is 8.42. The molecule has 6 rings (SSSR count). The highest BCUT2D eigenvalue weighted by atomic mass is 16.5. The fraction of sp³-hybridized carbons (Fsp3) is 0.833. The van der Waals surface area contributed by atoms with E-state index >= 15 is 0 Å². The molecule has 0 N–H and O–H groups in total. The van der Waals surface area contributed by atoms with E-state index in [1.54, 1.807) is 0 Å². The molecule has 0 spiro atoms. The molecule has 0 aromatic rings. The first-order valence-corrected chi connectivity index (χ1v) is 22.6. The summed E-state index contributed by atoms with van der Waals surface area (Å²) in [5.74, 6) is 4.07. The zero-order chi connectivity index (χ0) is 35.6. The van der Waals surface area contributed by atoms with Crippen LogP contribution in [0, 0.1) is 46.3 Å². The normalized spacial score (nSPS) is 37.8. The van der Waals surface area contributed by atoms with Crippen molar-refractivity contribution in [1.82, 2.24) is 0 Å². The summed E-state index contributed by atoms with van der Waals surface area (Å²) in [4.78, 5) is 0. The van der Waals surface area contributed by atoms with Crippen molar-refractivity contribution in [1.29, 1.82) is 0 Å². The van der Waals surface area contributed by atoms with Crippen molar-refractivity contribution in [3.63, 3.8) is 0 Å². The summed E-state index contributed by atoms with van der Waals surface area (Å²) in [6.07, 6.45) is 50.0. The second-order valence-corrected chi connectivity index (χ2v) is 18.2. The lowest BCUT2D eigenvalue weighted by Crippen LogP contribution is -2.54. The van der Waals surface area contributed by atoms with Gasteiger partial charge in [0.05, 0.1) is 13.2 Å². The quantitative estimate of drug-likeness (QED) is 0.150. The Morgan fingerprint density at radius 3 is 1.14 bits per heavy atom. The van der Waals surface area contributed by atoms with Crippen molar-refractivity contribution >= 4 is 0 Å². The van der Waals surface area contributed by atoms with Crippen LogP contribution in [0.5, 0.6) is 0 Å². The summed E-state index contributed by atoms with van der Waals surface area (Å²) >= 11 is 0. The van der Waals surface area contributed by atoms with Gasteiger partial charge < -0.3 is 14.2 Å². The van der Waals surface area contributed by atoms with Gasteiger partial charge in [0.2, 0.25) is 0 Å². The van der Waals surface area contributed by atoms with Crippen LogP contribution in [0.15, 0.2) is 48.6 Å². The Balaban J connectivity index is 1.08. The first kappa shape index (κ1) is 39.5. The standard InChI is InChI=1S/C48H78O3/c1-5-15-39-17-21-43(22-18-39)45(29-11-9-12-30-45)47(50-7-3)33-25-41(26-34-47)37-49-38-42-27-35-48(36-28-42,51-8-4)46(31-13-10-14-32-46)44-23-19-40(16-6-2)20-24-44/h25-28,33-36,39-44H,5-24,29-32,37-38H2,1-4H3. The van der Waals surface area contributed by atoms with Crippen LogP contribution in [0.25, 0.3) is 0 Å². The van der Waals surface area contributed by atoms with Crippen molar-refractivity contribution in [2.45, 2.75) is 180 Å². The lowest BCUT2D eigenvalue weighted by atomic mass is 9.52. The average molecular weight is 703 g/mol. The molecule has 0 amide bonds. The molecule has 0 radical (unpaired) electrons. The fourth-order valence-corrected chi connectivity index (χ4v) is 12.9. The molecule has 288 valence electrons. The van der Waals surface area contributed by atoms with Gasteiger partial charge in [0.15, 0.2) is 0 Å². The Bertz CT molecular complexity index is 1030. The van der Waals surface area contributed by atoms with Crippen LogP contribution in [0.2, 0.25) is 0 Å².